The molecular weight excluding hydrogens is 362 g/mol. The van der Waals surface area contributed by atoms with Crippen LogP contribution in [0.2, 0.25) is 0 Å². The van der Waals surface area contributed by atoms with Gasteiger partial charge in [0, 0.05) is 16.3 Å². The molecule has 1 amide bonds. The second-order valence-corrected chi connectivity index (χ2v) is 5.81. The van der Waals surface area contributed by atoms with E-state index in [1.165, 1.54) is 0 Å². The quantitative estimate of drug-likeness (QED) is 0.598. The standard InChI is InChI=1S/C13H13Br2NO2/c1-2-8(6-14)7-16-11-9(12(17)13(16)18)4-3-5-10(11)15/h3-5,8H,2,6-7H2,1H3. The van der Waals surface area contributed by atoms with Gasteiger partial charge in [0.05, 0.1) is 11.3 Å². The van der Waals surface area contributed by atoms with E-state index >= 15 is 0 Å². The summed E-state index contributed by atoms with van der Waals surface area (Å²) in [6.45, 7) is 2.65. The molecule has 0 saturated carbocycles. The Bertz CT molecular complexity index is 498. The molecule has 0 aliphatic carbocycles. The van der Waals surface area contributed by atoms with Crippen LogP contribution in [0, 0.1) is 5.92 Å². The molecule has 1 unspecified atom stereocenters. The molecule has 96 valence electrons. The molecule has 0 fully saturated rings. The van der Waals surface area contributed by atoms with Gasteiger partial charge >= 0.3 is 0 Å². The maximum Gasteiger partial charge on any atom is 0.299 e. The number of amides is 1. The number of Topliss-reactive ketones (excluding diaryl/α,β-unsaturated/α-hetero) is 1. The van der Waals surface area contributed by atoms with Gasteiger partial charge in [-0.05, 0) is 34.0 Å². The van der Waals surface area contributed by atoms with Crippen LogP contribution in [0.4, 0.5) is 5.69 Å². The third kappa shape index (κ3) is 2.26. The number of anilines is 1. The van der Waals surface area contributed by atoms with Crippen molar-refractivity contribution in [1.82, 2.24) is 0 Å². The maximum atomic E-state index is 12.0. The number of nitrogens with zero attached hydrogens (tertiary/aromatic N) is 1. The molecule has 5 heteroatoms. The zero-order valence-electron chi connectivity index (χ0n) is 9.95. The Labute approximate surface area is 123 Å². The first kappa shape index (κ1) is 13.7. The first-order chi connectivity index (χ1) is 8.60. The number of carbonyl (C=O) groups excluding carboxylic acids is 2. The molecular formula is C13H13Br2NO2. The average Bonchev–Trinajstić information content (AvgIpc) is 2.62. The summed E-state index contributed by atoms with van der Waals surface area (Å²) in [4.78, 5) is 25.5. The number of rotatable bonds is 4. The lowest BCUT2D eigenvalue weighted by molar-refractivity contribution is -0.114. The predicted octanol–water partition coefficient (Wildman–Crippen LogP) is 3.40. The first-order valence-corrected chi connectivity index (χ1v) is 7.72. The van der Waals surface area contributed by atoms with Crippen molar-refractivity contribution < 1.29 is 9.59 Å². The molecule has 0 bridgehead atoms. The van der Waals surface area contributed by atoms with E-state index in [1.54, 1.807) is 17.0 Å². The van der Waals surface area contributed by atoms with Crippen molar-refractivity contribution in [3.8, 4) is 0 Å². The van der Waals surface area contributed by atoms with Gasteiger partial charge in [-0.25, -0.2) is 0 Å². The Kier molecular flexibility index (Phi) is 4.22. The largest absolute Gasteiger partial charge is 0.303 e. The Balaban J connectivity index is 2.39. The lowest BCUT2D eigenvalue weighted by Gasteiger charge is -2.22. The normalized spacial score (nSPS) is 16.1. The van der Waals surface area contributed by atoms with Crippen LogP contribution in [0.15, 0.2) is 22.7 Å². The van der Waals surface area contributed by atoms with Crippen molar-refractivity contribution in [3.05, 3.63) is 28.2 Å². The van der Waals surface area contributed by atoms with Gasteiger partial charge in [-0.3, -0.25) is 9.59 Å². The van der Waals surface area contributed by atoms with Crippen LogP contribution in [0.1, 0.15) is 23.7 Å². The molecule has 0 N–H and O–H groups in total. The third-order valence-corrected chi connectivity index (χ3v) is 4.73. The van der Waals surface area contributed by atoms with Gasteiger partial charge in [-0.1, -0.05) is 35.3 Å². The fraction of sp³-hybridized carbons (Fsp3) is 0.385. The van der Waals surface area contributed by atoms with Gasteiger partial charge in [0.2, 0.25) is 0 Å². The number of benzene rings is 1. The summed E-state index contributed by atoms with van der Waals surface area (Å²) in [5.74, 6) is -0.480. The summed E-state index contributed by atoms with van der Waals surface area (Å²) in [6.07, 6.45) is 0.961. The molecule has 3 nitrogen and oxygen atoms in total. The molecule has 1 aromatic rings. The van der Waals surface area contributed by atoms with Crippen molar-refractivity contribution in [2.75, 3.05) is 16.8 Å². The van der Waals surface area contributed by atoms with Crippen molar-refractivity contribution in [1.29, 1.82) is 0 Å². The van der Waals surface area contributed by atoms with Crippen LogP contribution >= 0.6 is 31.9 Å². The average molecular weight is 375 g/mol. The second-order valence-electron chi connectivity index (χ2n) is 4.31. The van der Waals surface area contributed by atoms with Crippen LogP contribution < -0.4 is 4.90 Å². The van der Waals surface area contributed by atoms with Crippen LogP contribution in [0.25, 0.3) is 0 Å². The number of hydrogen-bond acceptors (Lipinski definition) is 2. The molecule has 0 radical (unpaired) electrons. The third-order valence-electron chi connectivity index (χ3n) is 3.18. The number of para-hydroxylation sites is 1. The highest BCUT2D eigenvalue weighted by atomic mass is 79.9. The zero-order chi connectivity index (χ0) is 13.3. The van der Waals surface area contributed by atoms with E-state index in [0.717, 1.165) is 16.2 Å². The molecule has 2 rings (SSSR count). The summed E-state index contributed by atoms with van der Waals surface area (Å²) < 4.78 is 0.795. The first-order valence-electron chi connectivity index (χ1n) is 5.80. The summed E-state index contributed by atoms with van der Waals surface area (Å²) >= 11 is 6.86. The summed E-state index contributed by atoms with van der Waals surface area (Å²) in [5.41, 5.74) is 1.21. The number of hydrogen-bond donors (Lipinski definition) is 0. The smallest absolute Gasteiger partial charge is 0.299 e. The number of carbonyl (C=O) groups is 2. The molecule has 1 aliphatic heterocycles. The lowest BCUT2D eigenvalue weighted by Crippen LogP contribution is -2.34. The highest BCUT2D eigenvalue weighted by Crippen LogP contribution is 2.36. The van der Waals surface area contributed by atoms with Crippen molar-refractivity contribution >= 4 is 49.2 Å². The van der Waals surface area contributed by atoms with E-state index < -0.39 is 11.7 Å². The molecule has 0 aromatic heterocycles. The monoisotopic (exact) mass is 373 g/mol. The van der Waals surface area contributed by atoms with Gasteiger partial charge in [-0.15, -0.1) is 0 Å². The van der Waals surface area contributed by atoms with E-state index in [1.807, 2.05) is 6.07 Å². The summed E-state index contributed by atoms with van der Waals surface area (Å²) in [5, 5.41) is 0.821. The Morgan fingerprint density at radius 1 is 1.33 bits per heavy atom. The number of fused-ring (bicyclic) bond motifs is 1. The highest BCUT2D eigenvalue weighted by molar-refractivity contribution is 9.10. The molecule has 1 atom stereocenters. The van der Waals surface area contributed by atoms with Crippen LogP contribution in [0.5, 0.6) is 0 Å². The van der Waals surface area contributed by atoms with E-state index in [4.69, 9.17) is 0 Å². The Morgan fingerprint density at radius 2 is 2.06 bits per heavy atom. The summed E-state index contributed by atoms with van der Waals surface area (Å²) in [7, 11) is 0. The van der Waals surface area contributed by atoms with Crippen LogP contribution in [0.3, 0.4) is 0 Å². The molecule has 0 spiro atoms. The SMILES string of the molecule is CCC(CBr)CN1C(=O)C(=O)c2cccc(Br)c21. The number of alkyl halides is 1. The van der Waals surface area contributed by atoms with Crippen LogP contribution in [-0.4, -0.2) is 23.6 Å². The number of ketones is 1. The zero-order valence-corrected chi connectivity index (χ0v) is 13.1. The Hall–Kier alpha value is -0.680. The van der Waals surface area contributed by atoms with E-state index in [2.05, 4.69) is 38.8 Å². The number of halogens is 2. The minimum Gasteiger partial charge on any atom is -0.303 e. The topological polar surface area (TPSA) is 37.4 Å². The van der Waals surface area contributed by atoms with Crippen molar-refractivity contribution in [2.24, 2.45) is 5.92 Å². The minimum absolute atomic E-state index is 0.347. The minimum atomic E-state index is -0.420. The van der Waals surface area contributed by atoms with E-state index in [9.17, 15) is 9.59 Å². The molecule has 18 heavy (non-hydrogen) atoms. The summed E-state index contributed by atoms with van der Waals surface area (Å²) in [6, 6.07) is 5.33. The van der Waals surface area contributed by atoms with Gasteiger partial charge in [-0.2, -0.15) is 0 Å². The maximum absolute atomic E-state index is 12.0. The fourth-order valence-corrected chi connectivity index (χ4v) is 3.27. The second kappa shape index (κ2) is 5.53. The van der Waals surface area contributed by atoms with Gasteiger partial charge in [0.15, 0.2) is 0 Å². The van der Waals surface area contributed by atoms with E-state index in [-0.39, 0.29) is 0 Å². The lowest BCUT2D eigenvalue weighted by atomic mass is 10.1. The van der Waals surface area contributed by atoms with Gasteiger partial charge < -0.3 is 4.90 Å². The van der Waals surface area contributed by atoms with Gasteiger partial charge in [0.25, 0.3) is 11.7 Å². The fourth-order valence-electron chi connectivity index (χ4n) is 2.03. The molecule has 1 heterocycles. The van der Waals surface area contributed by atoms with E-state index in [0.29, 0.717) is 23.7 Å². The Morgan fingerprint density at radius 3 is 2.67 bits per heavy atom. The highest BCUT2D eigenvalue weighted by Gasteiger charge is 2.37. The van der Waals surface area contributed by atoms with Crippen molar-refractivity contribution in [2.45, 2.75) is 13.3 Å². The predicted molar refractivity (Wildman–Crippen MR) is 78.4 cm³/mol. The molecule has 1 aromatic carbocycles. The van der Waals surface area contributed by atoms with Gasteiger partial charge in [0.1, 0.15) is 0 Å². The van der Waals surface area contributed by atoms with Crippen molar-refractivity contribution in [3.63, 3.8) is 0 Å². The molecule has 0 saturated heterocycles. The van der Waals surface area contributed by atoms with Crippen LogP contribution in [-0.2, 0) is 4.79 Å². The molecule has 1 aliphatic rings.